The van der Waals surface area contributed by atoms with Crippen LogP contribution in [0.3, 0.4) is 0 Å². The van der Waals surface area contributed by atoms with Crippen molar-refractivity contribution in [2.75, 3.05) is 134 Å². The molecule has 0 fully saturated rings. The Bertz CT molecular complexity index is 2510. The molecule has 0 aromatic heterocycles. The van der Waals surface area contributed by atoms with Gasteiger partial charge in [0.1, 0.15) is 47.0 Å². The van der Waals surface area contributed by atoms with Crippen LogP contribution in [0.2, 0.25) is 0 Å². The molecule has 105 heavy (non-hydrogen) atoms. The number of aliphatic hydroxyl groups excluding tert-OH is 3. The summed E-state index contributed by atoms with van der Waals surface area (Å²) in [6.07, 6.45) is 43.1. The number of ether oxygens (including phenoxy) is 11. The highest BCUT2D eigenvalue weighted by Gasteiger charge is 1.99. The molecule has 0 amide bonds. The third kappa shape index (κ3) is 113. The zero-order chi connectivity index (χ0) is 81.1. The van der Waals surface area contributed by atoms with E-state index in [1.165, 1.54) is 93.2 Å². The van der Waals surface area contributed by atoms with Crippen molar-refractivity contribution in [2.24, 2.45) is 0 Å². The van der Waals surface area contributed by atoms with Crippen molar-refractivity contribution < 1.29 is 86.3 Å². The number of aliphatic hydroxyl groups is 3. The summed E-state index contributed by atoms with van der Waals surface area (Å²) in [6.45, 7) is 43.3. The molecule has 610 valence electrons. The van der Waals surface area contributed by atoms with Crippen LogP contribution in [0, 0.1) is 0 Å². The summed E-state index contributed by atoms with van der Waals surface area (Å²) in [4.78, 5) is 31.5. The van der Waals surface area contributed by atoms with Gasteiger partial charge in [-0.15, -0.1) is 11.6 Å². The molecule has 0 heterocycles. The molecule has 0 saturated carbocycles. The number of methoxy groups -OCH3 is 4. The van der Waals surface area contributed by atoms with E-state index in [-0.39, 0.29) is 37.7 Å². The van der Waals surface area contributed by atoms with Crippen molar-refractivity contribution in [1.82, 2.24) is 0 Å². The minimum atomic E-state index is -0.255. The van der Waals surface area contributed by atoms with Crippen LogP contribution in [0.15, 0.2) is 163 Å². The topological polar surface area (TPSA) is 223 Å². The standard InChI is InChI=1S/C14H24O4.C12H21ClO2.C12H24O3P2.C12H22O3.C12H20O3.C12H20O2.C10H18O/c1-12(8-9-18-14(3)15)6-5-7-13(2)10-17-11-16-4;1-11(7-8-13)5-4-6-12(2)9-15-10-14-3;1-11(7-8-15-17-16)5-4-6-12(2)9-14-10-13-3;1-11(7-8-13)5-4-6-12(2)9-15-10-14-3;1-10(7-8-15-12(3)14)5-4-6-11(2)9-13;1-10(2)6-5-7-11(3)8-9-14-12(4)13;1-9(2)5-4-6-10(3)7-8-11/h7-8H,5-6,9-11H2,1-4H3;6-7H,4-5,8-10H2,1-3H3;6-7,17H,4-5,8-10,16H2,1-3H3;6-7,13H,4-5,8-10H2,1-3H3;6-7,13H,4-5,8-9H2,1-3H3;6,8H,5,7,9H2,1-4H3;5,7,11H,4,6,8H2,1-3H3/b12-8+,13-7+;3*11-7+,12-6+;10-7+,11-6+;11-8+;10-7+. The van der Waals surface area contributed by atoms with Crippen molar-refractivity contribution >= 4 is 46.9 Å². The molecule has 0 rings (SSSR count). The van der Waals surface area contributed by atoms with Crippen LogP contribution in [-0.4, -0.2) is 167 Å². The zero-order valence-corrected chi connectivity index (χ0v) is 72.6. The lowest BCUT2D eigenvalue weighted by Gasteiger charge is -2.03. The maximum absolute atomic E-state index is 10.6. The molecule has 18 nitrogen and oxygen atoms in total. The van der Waals surface area contributed by atoms with E-state index in [1.807, 2.05) is 84.1 Å². The first kappa shape index (κ1) is 114. The van der Waals surface area contributed by atoms with Crippen LogP contribution < -0.4 is 0 Å². The molecule has 3 N–H and O–H groups in total. The Morgan fingerprint density at radius 3 is 0.752 bits per heavy atom. The first-order valence-corrected chi connectivity index (χ1v) is 39.4. The first-order valence-electron chi connectivity index (χ1n) is 36.2. The molecule has 2 atom stereocenters. The average molecular weight is 1540 g/mol. The lowest BCUT2D eigenvalue weighted by Crippen LogP contribution is -1.99. The zero-order valence-electron chi connectivity index (χ0n) is 69.7. The summed E-state index contributed by atoms with van der Waals surface area (Å²) in [6, 6.07) is 0. The molecule has 0 bridgehead atoms. The van der Waals surface area contributed by atoms with Crippen LogP contribution in [0.25, 0.3) is 0 Å². The molecule has 0 radical (unpaired) electrons. The van der Waals surface area contributed by atoms with Gasteiger partial charge in [0.25, 0.3) is 0 Å². The number of alkyl halides is 1. The third-order valence-electron chi connectivity index (χ3n) is 13.8. The Kier molecular flexibility index (Phi) is 97.6. The summed E-state index contributed by atoms with van der Waals surface area (Å²) >= 11 is 5.60. The van der Waals surface area contributed by atoms with Gasteiger partial charge in [-0.3, -0.25) is 14.4 Å². The Hall–Kier alpha value is -4.56. The summed E-state index contributed by atoms with van der Waals surface area (Å²) in [5, 5.41) is 26.0. The Labute approximate surface area is 648 Å². The molecule has 0 saturated heterocycles. The van der Waals surface area contributed by atoms with E-state index in [4.69, 9.17) is 83.5 Å². The van der Waals surface area contributed by atoms with Crippen molar-refractivity contribution in [3.63, 3.8) is 0 Å². The maximum atomic E-state index is 10.6. The SMILES string of the molecule is CC(=O)OC/C=C(\C)CC/C=C(\C)CO.CC(=O)OC/C=C(\C)CCC=C(C)C.CC(C)=CCC/C(C)=C/CO.COCOC/C(C)=C/CC/C(C)=C/CCl.COCOC/C(C)=C/CC/C(C)=C/CO.COCOC/C(C)=C/CC/C(C)=C/COC(C)=O.COCOC/C(C)=C/CC/C(C)=C/COPP. The van der Waals surface area contributed by atoms with Gasteiger partial charge in [0, 0.05) is 63.6 Å². The third-order valence-corrected chi connectivity index (χ3v) is 14.8. The molecular formula is C84H149ClO18P2. The molecule has 0 aromatic rings. The van der Waals surface area contributed by atoms with Crippen molar-refractivity contribution in [2.45, 2.75) is 221 Å². The highest BCUT2D eigenvalue weighted by molar-refractivity contribution is 8.00. The number of carbonyl (C=O) groups excluding carboxylic acids is 3. The first-order chi connectivity index (χ1) is 49.9. The fourth-order valence-corrected chi connectivity index (χ4v) is 8.38. The summed E-state index contributed by atoms with van der Waals surface area (Å²) in [5.41, 5.74) is 17.5. The largest absolute Gasteiger partial charge is 0.462 e. The number of hydrogen-bond donors (Lipinski definition) is 3. The van der Waals surface area contributed by atoms with Gasteiger partial charge in [-0.2, -0.15) is 0 Å². The number of carbonyl (C=O) groups is 3. The van der Waals surface area contributed by atoms with Crippen molar-refractivity contribution in [3.8, 4) is 0 Å². The molecule has 0 spiro atoms. The second-order valence-electron chi connectivity index (χ2n) is 25.5. The van der Waals surface area contributed by atoms with Crippen LogP contribution in [-0.2, 0) is 71.0 Å². The maximum Gasteiger partial charge on any atom is 0.302 e. The van der Waals surface area contributed by atoms with Gasteiger partial charge < -0.3 is 71.9 Å². The number of allylic oxidation sites excluding steroid dienone is 17. The summed E-state index contributed by atoms with van der Waals surface area (Å²) in [5.74, 6) is -0.121. The molecule has 0 aliphatic carbocycles. The van der Waals surface area contributed by atoms with E-state index in [0.29, 0.717) is 94.4 Å². The van der Waals surface area contributed by atoms with Crippen LogP contribution in [0.1, 0.15) is 221 Å². The minimum absolute atomic E-state index is 0.121. The second kappa shape index (κ2) is 90.1. The van der Waals surface area contributed by atoms with Crippen LogP contribution >= 0.6 is 29.0 Å². The number of halogens is 1. The Morgan fingerprint density at radius 1 is 0.314 bits per heavy atom. The quantitative estimate of drug-likeness (QED) is 0.00979. The molecule has 0 aromatic carbocycles. The van der Waals surface area contributed by atoms with Gasteiger partial charge in [-0.05, 0) is 219 Å². The number of esters is 3. The normalized spacial score (nSPS) is 12.7. The second-order valence-corrected chi connectivity index (χ2v) is 27.0. The molecular weight excluding hydrogens is 1390 g/mol. The highest BCUT2D eigenvalue weighted by Crippen LogP contribution is 2.21. The lowest BCUT2D eigenvalue weighted by molar-refractivity contribution is -0.140. The van der Waals surface area contributed by atoms with Crippen LogP contribution in [0.4, 0.5) is 0 Å². The Morgan fingerprint density at radius 2 is 0.543 bits per heavy atom. The predicted octanol–water partition coefficient (Wildman–Crippen LogP) is 20.4. The van der Waals surface area contributed by atoms with Gasteiger partial charge in [-0.25, -0.2) is 0 Å². The average Bonchev–Trinajstić information content (AvgIpc) is 2.66. The summed E-state index contributed by atoms with van der Waals surface area (Å²) < 4.78 is 59.8. The lowest BCUT2D eigenvalue weighted by atomic mass is 10.1. The van der Waals surface area contributed by atoms with E-state index in [2.05, 4.69) is 121 Å². The van der Waals surface area contributed by atoms with Gasteiger partial charge in [0.15, 0.2) is 0 Å². The smallest absolute Gasteiger partial charge is 0.302 e. The van der Waals surface area contributed by atoms with Gasteiger partial charge in [-0.1, -0.05) is 154 Å². The van der Waals surface area contributed by atoms with Gasteiger partial charge in [0.05, 0.1) is 52.9 Å². The summed E-state index contributed by atoms with van der Waals surface area (Å²) in [7, 11) is 9.53. The minimum Gasteiger partial charge on any atom is -0.462 e. The fraction of sp³-hybridized carbons (Fsp3) is 0.631. The fourth-order valence-electron chi connectivity index (χ4n) is 7.65. The predicted molar refractivity (Wildman–Crippen MR) is 446 cm³/mol. The number of hydrogen-bond acceptors (Lipinski definition) is 18. The van der Waals surface area contributed by atoms with Crippen molar-refractivity contribution in [3.05, 3.63) is 163 Å². The van der Waals surface area contributed by atoms with Gasteiger partial charge >= 0.3 is 17.9 Å². The van der Waals surface area contributed by atoms with E-state index in [1.54, 1.807) is 28.4 Å². The Balaban J connectivity index is -0.000000214. The molecule has 0 aliphatic rings. The number of rotatable bonds is 50. The van der Waals surface area contributed by atoms with E-state index in [0.717, 1.165) is 95.5 Å². The van der Waals surface area contributed by atoms with E-state index < -0.39 is 0 Å². The molecule has 2 unspecified atom stereocenters. The monoisotopic (exact) mass is 1540 g/mol. The van der Waals surface area contributed by atoms with E-state index in [9.17, 15) is 14.4 Å². The van der Waals surface area contributed by atoms with Gasteiger partial charge in [0.2, 0.25) is 0 Å². The van der Waals surface area contributed by atoms with Crippen molar-refractivity contribution in [1.29, 1.82) is 0 Å². The highest BCUT2D eigenvalue weighted by atomic mass is 35.5. The van der Waals surface area contributed by atoms with E-state index >= 15 is 0 Å². The van der Waals surface area contributed by atoms with Crippen LogP contribution in [0.5, 0.6) is 0 Å². The molecule has 21 heteroatoms. The molecule has 0 aliphatic heterocycles.